The Bertz CT molecular complexity index is 447. The molecule has 0 bridgehead atoms. The molecule has 1 unspecified atom stereocenters. The maximum atomic E-state index is 11.9. The lowest BCUT2D eigenvalue weighted by atomic mass is 9.80. The van der Waals surface area contributed by atoms with E-state index in [2.05, 4.69) is 43.2 Å². The van der Waals surface area contributed by atoms with Crippen molar-refractivity contribution < 1.29 is 4.79 Å². The molecule has 100 valence electrons. The van der Waals surface area contributed by atoms with Gasteiger partial charge in [0.2, 0.25) is 5.91 Å². The second-order valence-electron chi connectivity index (χ2n) is 5.54. The van der Waals surface area contributed by atoms with Crippen LogP contribution in [0.25, 0.3) is 0 Å². The van der Waals surface area contributed by atoms with Gasteiger partial charge in [-0.2, -0.15) is 5.10 Å². The van der Waals surface area contributed by atoms with E-state index in [0.717, 1.165) is 0 Å². The summed E-state index contributed by atoms with van der Waals surface area (Å²) in [5, 5.41) is 9.25. The Kier molecular flexibility index (Phi) is 4.45. The lowest BCUT2D eigenvalue weighted by molar-refractivity contribution is -0.117. The van der Waals surface area contributed by atoms with Gasteiger partial charge in [0.15, 0.2) is 0 Å². The fourth-order valence-electron chi connectivity index (χ4n) is 1.34. The van der Waals surface area contributed by atoms with E-state index in [1.807, 2.05) is 0 Å². The van der Waals surface area contributed by atoms with Gasteiger partial charge in [0.1, 0.15) is 10.8 Å². The summed E-state index contributed by atoms with van der Waals surface area (Å²) in [4.78, 5) is 12.1. The van der Waals surface area contributed by atoms with E-state index < -0.39 is 0 Å². The van der Waals surface area contributed by atoms with Gasteiger partial charge in [-0.15, -0.1) is 0 Å². The first-order valence-corrected chi connectivity index (χ1v) is 6.25. The van der Waals surface area contributed by atoms with Crippen LogP contribution in [0, 0.1) is 11.3 Å². The zero-order valence-electron chi connectivity index (χ0n) is 11.2. The Morgan fingerprint density at radius 2 is 2.22 bits per heavy atom. The van der Waals surface area contributed by atoms with Crippen LogP contribution in [0.2, 0.25) is 0 Å². The average molecular weight is 268 g/mol. The molecule has 1 aromatic heterocycles. The SMILES string of the molecule is CC(CC(=O)Nc1[nH]ncc1C(N)=S)C(C)(C)C. The highest BCUT2D eigenvalue weighted by atomic mass is 32.1. The minimum atomic E-state index is -0.0702. The molecule has 0 aliphatic rings. The number of hydrogen-bond donors (Lipinski definition) is 3. The number of H-pyrrole nitrogens is 1. The molecule has 5 nitrogen and oxygen atoms in total. The van der Waals surface area contributed by atoms with Crippen LogP contribution < -0.4 is 11.1 Å². The molecule has 0 aromatic carbocycles. The van der Waals surface area contributed by atoms with Crippen molar-refractivity contribution >= 4 is 28.9 Å². The van der Waals surface area contributed by atoms with Crippen molar-refractivity contribution in [3.63, 3.8) is 0 Å². The maximum absolute atomic E-state index is 11.9. The minimum absolute atomic E-state index is 0.0702. The molecule has 18 heavy (non-hydrogen) atoms. The van der Waals surface area contributed by atoms with Gasteiger partial charge in [0, 0.05) is 6.42 Å². The van der Waals surface area contributed by atoms with Crippen LogP contribution in [0.1, 0.15) is 39.7 Å². The third-order valence-corrected chi connectivity index (χ3v) is 3.36. The summed E-state index contributed by atoms with van der Waals surface area (Å²) < 4.78 is 0. The van der Waals surface area contributed by atoms with Crippen molar-refractivity contribution in [2.24, 2.45) is 17.1 Å². The number of amides is 1. The van der Waals surface area contributed by atoms with Crippen molar-refractivity contribution in [2.45, 2.75) is 34.1 Å². The van der Waals surface area contributed by atoms with E-state index in [9.17, 15) is 4.79 Å². The highest BCUT2D eigenvalue weighted by molar-refractivity contribution is 7.80. The van der Waals surface area contributed by atoms with Crippen molar-refractivity contribution in [1.82, 2.24) is 10.2 Å². The molecular weight excluding hydrogens is 248 g/mol. The van der Waals surface area contributed by atoms with Gasteiger partial charge in [-0.05, 0) is 11.3 Å². The molecular formula is C12H20N4OS. The predicted molar refractivity (Wildman–Crippen MR) is 76.3 cm³/mol. The molecule has 0 spiro atoms. The molecule has 0 fully saturated rings. The minimum Gasteiger partial charge on any atom is -0.389 e. The molecule has 1 amide bonds. The lowest BCUT2D eigenvalue weighted by Crippen LogP contribution is -2.24. The summed E-state index contributed by atoms with van der Waals surface area (Å²) in [5.74, 6) is 0.668. The van der Waals surface area contributed by atoms with Gasteiger partial charge in [0.05, 0.1) is 11.8 Å². The number of hydrogen-bond acceptors (Lipinski definition) is 3. The normalized spacial score (nSPS) is 13.1. The van der Waals surface area contributed by atoms with E-state index >= 15 is 0 Å². The van der Waals surface area contributed by atoms with E-state index in [1.54, 1.807) is 0 Å². The first-order chi connectivity index (χ1) is 8.21. The summed E-state index contributed by atoms with van der Waals surface area (Å²) >= 11 is 4.87. The molecule has 1 aromatic rings. The maximum Gasteiger partial charge on any atom is 0.225 e. The molecule has 0 radical (unpaired) electrons. The van der Waals surface area contributed by atoms with E-state index in [-0.39, 0.29) is 22.2 Å². The molecule has 1 atom stereocenters. The van der Waals surface area contributed by atoms with Crippen molar-refractivity contribution in [2.75, 3.05) is 5.32 Å². The van der Waals surface area contributed by atoms with Crippen molar-refractivity contribution in [1.29, 1.82) is 0 Å². The van der Waals surface area contributed by atoms with Gasteiger partial charge in [-0.3, -0.25) is 9.89 Å². The number of nitrogens with two attached hydrogens (primary N) is 1. The molecule has 6 heteroatoms. The third-order valence-electron chi connectivity index (χ3n) is 3.14. The molecule has 4 N–H and O–H groups in total. The summed E-state index contributed by atoms with van der Waals surface area (Å²) in [6, 6.07) is 0. The number of aromatic amines is 1. The molecule has 0 saturated carbocycles. The number of nitrogens with zero attached hydrogens (tertiary/aromatic N) is 1. The smallest absolute Gasteiger partial charge is 0.225 e. The molecule has 0 saturated heterocycles. The number of anilines is 1. The van der Waals surface area contributed by atoms with Crippen molar-refractivity contribution in [3.05, 3.63) is 11.8 Å². The number of rotatable bonds is 4. The number of thiocarbonyl (C=S) groups is 1. The van der Waals surface area contributed by atoms with E-state index in [0.29, 0.717) is 17.8 Å². The third kappa shape index (κ3) is 3.80. The van der Waals surface area contributed by atoms with Crippen LogP contribution in [0.15, 0.2) is 6.20 Å². The van der Waals surface area contributed by atoms with Gasteiger partial charge in [-0.25, -0.2) is 0 Å². The second-order valence-corrected chi connectivity index (χ2v) is 5.98. The molecule has 1 heterocycles. The van der Waals surface area contributed by atoms with Crippen molar-refractivity contribution in [3.8, 4) is 0 Å². The van der Waals surface area contributed by atoms with E-state index in [4.69, 9.17) is 18.0 Å². The Morgan fingerprint density at radius 3 is 2.72 bits per heavy atom. The molecule has 0 aliphatic carbocycles. The fourth-order valence-corrected chi connectivity index (χ4v) is 1.50. The fraction of sp³-hybridized carbons (Fsp3) is 0.583. The Hall–Kier alpha value is -1.43. The van der Waals surface area contributed by atoms with Crippen LogP contribution in [0.5, 0.6) is 0 Å². The first kappa shape index (κ1) is 14.6. The first-order valence-electron chi connectivity index (χ1n) is 5.85. The van der Waals surface area contributed by atoms with Gasteiger partial charge in [-0.1, -0.05) is 39.9 Å². The Balaban J connectivity index is 2.66. The monoisotopic (exact) mass is 268 g/mol. The Morgan fingerprint density at radius 1 is 1.61 bits per heavy atom. The van der Waals surface area contributed by atoms with Gasteiger partial charge in [0.25, 0.3) is 0 Å². The van der Waals surface area contributed by atoms with Gasteiger partial charge >= 0.3 is 0 Å². The van der Waals surface area contributed by atoms with Crippen LogP contribution in [0.4, 0.5) is 5.82 Å². The van der Waals surface area contributed by atoms with Crippen LogP contribution in [0.3, 0.4) is 0 Å². The standard InChI is InChI=1S/C12H20N4OS/c1-7(12(2,3)4)5-9(17)15-11-8(10(13)18)6-14-16-11/h6-7H,5H2,1-4H3,(H2,13,18)(H2,14,15,16,17). The number of aromatic nitrogens is 2. The van der Waals surface area contributed by atoms with E-state index in [1.165, 1.54) is 6.20 Å². The summed E-state index contributed by atoms with van der Waals surface area (Å²) in [7, 11) is 0. The number of nitrogens with one attached hydrogen (secondary N) is 2. The number of carbonyl (C=O) groups excluding carboxylic acids is 1. The zero-order valence-corrected chi connectivity index (χ0v) is 12.0. The lowest BCUT2D eigenvalue weighted by Gasteiger charge is -2.26. The van der Waals surface area contributed by atoms with Crippen LogP contribution in [-0.2, 0) is 4.79 Å². The predicted octanol–water partition coefficient (Wildman–Crippen LogP) is 2.05. The second kappa shape index (κ2) is 5.48. The summed E-state index contributed by atoms with van der Waals surface area (Å²) in [5.41, 5.74) is 6.18. The largest absolute Gasteiger partial charge is 0.389 e. The number of carbonyl (C=O) groups is 1. The quantitative estimate of drug-likeness (QED) is 0.730. The Labute approximate surface area is 113 Å². The summed E-state index contributed by atoms with van der Waals surface area (Å²) in [6.07, 6.45) is 1.95. The molecule has 0 aliphatic heterocycles. The van der Waals surface area contributed by atoms with Crippen LogP contribution in [-0.4, -0.2) is 21.1 Å². The topological polar surface area (TPSA) is 83.8 Å². The molecule has 1 rings (SSSR count). The highest BCUT2D eigenvalue weighted by Crippen LogP contribution is 2.28. The van der Waals surface area contributed by atoms with Crippen LogP contribution >= 0.6 is 12.2 Å². The highest BCUT2D eigenvalue weighted by Gasteiger charge is 2.23. The average Bonchev–Trinajstić information content (AvgIpc) is 2.63. The zero-order chi connectivity index (χ0) is 13.9. The van der Waals surface area contributed by atoms with Gasteiger partial charge < -0.3 is 11.1 Å². The summed E-state index contributed by atoms with van der Waals surface area (Å²) in [6.45, 7) is 8.39.